The largest absolute Gasteiger partial charge is 0.297 e. The molecule has 1 aliphatic rings. The van der Waals surface area contributed by atoms with Crippen LogP contribution in [0.5, 0.6) is 0 Å². The van der Waals surface area contributed by atoms with Crippen LogP contribution >= 0.6 is 0 Å². The molecule has 82 valence electrons. The second-order valence-electron chi connectivity index (χ2n) is 4.04. The SMILES string of the molecule is NNC1CCN(Cc2ccccn2)CC1. The average Bonchev–Trinajstić information content (AvgIpc) is 2.31. The van der Waals surface area contributed by atoms with Crippen LogP contribution in [0.25, 0.3) is 0 Å². The zero-order chi connectivity index (χ0) is 10.5. The lowest BCUT2D eigenvalue weighted by Crippen LogP contribution is -2.44. The van der Waals surface area contributed by atoms with E-state index in [0.717, 1.165) is 38.2 Å². The summed E-state index contributed by atoms with van der Waals surface area (Å²) in [5, 5.41) is 0. The van der Waals surface area contributed by atoms with E-state index in [1.54, 1.807) is 0 Å². The molecule has 0 atom stereocenters. The van der Waals surface area contributed by atoms with Crippen LogP contribution in [0.4, 0.5) is 0 Å². The van der Waals surface area contributed by atoms with E-state index in [0.29, 0.717) is 6.04 Å². The van der Waals surface area contributed by atoms with Gasteiger partial charge in [0.1, 0.15) is 0 Å². The van der Waals surface area contributed by atoms with Gasteiger partial charge in [0.15, 0.2) is 0 Å². The van der Waals surface area contributed by atoms with Gasteiger partial charge in [-0.3, -0.25) is 21.2 Å². The maximum absolute atomic E-state index is 5.42. The van der Waals surface area contributed by atoms with Crippen LogP contribution in [-0.4, -0.2) is 29.0 Å². The summed E-state index contributed by atoms with van der Waals surface area (Å²) in [6.45, 7) is 3.16. The quantitative estimate of drug-likeness (QED) is 0.559. The van der Waals surface area contributed by atoms with E-state index >= 15 is 0 Å². The molecule has 4 nitrogen and oxygen atoms in total. The molecule has 1 aromatic heterocycles. The average molecular weight is 206 g/mol. The van der Waals surface area contributed by atoms with Crippen molar-refractivity contribution in [3.8, 4) is 0 Å². The van der Waals surface area contributed by atoms with Gasteiger partial charge in [-0.25, -0.2) is 0 Å². The van der Waals surface area contributed by atoms with Crippen LogP contribution < -0.4 is 11.3 Å². The molecule has 0 spiro atoms. The van der Waals surface area contributed by atoms with Gasteiger partial charge in [0.25, 0.3) is 0 Å². The number of aromatic nitrogens is 1. The minimum Gasteiger partial charge on any atom is -0.297 e. The maximum atomic E-state index is 5.42. The Hall–Kier alpha value is -0.970. The molecule has 3 N–H and O–H groups in total. The van der Waals surface area contributed by atoms with Crippen molar-refractivity contribution in [3.63, 3.8) is 0 Å². The molecule has 2 heterocycles. The van der Waals surface area contributed by atoms with Crippen LogP contribution in [0.1, 0.15) is 18.5 Å². The molecule has 0 amide bonds. The second kappa shape index (κ2) is 5.21. The van der Waals surface area contributed by atoms with Crippen molar-refractivity contribution in [2.75, 3.05) is 13.1 Å². The number of hydrazine groups is 1. The molecule has 0 unspecified atom stereocenters. The highest BCUT2D eigenvalue weighted by Crippen LogP contribution is 2.11. The molecule has 0 bridgehead atoms. The fourth-order valence-electron chi connectivity index (χ4n) is 1.98. The Morgan fingerprint density at radius 1 is 1.40 bits per heavy atom. The number of piperidine rings is 1. The molecule has 0 saturated carbocycles. The number of nitrogens with two attached hydrogens (primary N) is 1. The zero-order valence-corrected chi connectivity index (χ0v) is 8.89. The van der Waals surface area contributed by atoms with Gasteiger partial charge in [0, 0.05) is 31.9 Å². The first-order chi connectivity index (χ1) is 7.38. The highest BCUT2D eigenvalue weighted by atomic mass is 15.2. The zero-order valence-electron chi connectivity index (χ0n) is 8.89. The van der Waals surface area contributed by atoms with E-state index in [9.17, 15) is 0 Å². The number of hydrogen-bond acceptors (Lipinski definition) is 4. The van der Waals surface area contributed by atoms with E-state index in [1.165, 1.54) is 0 Å². The van der Waals surface area contributed by atoms with Gasteiger partial charge in [-0.2, -0.15) is 0 Å². The van der Waals surface area contributed by atoms with E-state index in [2.05, 4.69) is 21.4 Å². The monoisotopic (exact) mass is 206 g/mol. The van der Waals surface area contributed by atoms with Crippen LogP contribution in [0, 0.1) is 0 Å². The highest BCUT2D eigenvalue weighted by Gasteiger charge is 2.17. The highest BCUT2D eigenvalue weighted by molar-refractivity contribution is 5.03. The van der Waals surface area contributed by atoms with Gasteiger partial charge in [-0.15, -0.1) is 0 Å². The molecule has 0 aliphatic carbocycles. The van der Waals surface area contributed by atoms with E-state index in [1.807, 2.05) is 18.3 Å². The summed E-state index contributed by atoms with van der Waals surface area (Å²) in [5.41, 5.74) is 4.00. The van der Waals surface area contributed by atoms with Gasteiger partial charge in [0.2, 0.25) is 0 Å². The Kier molecular flexibility index (Phi) is 3.66. The first-order valence-corrected chi connectivity index (χ1v) is 5.47. The van der Waals surface area contributed by atoms with Crippen molar-refractivity contribution in [1.82, 2.24) is 15.3 Å². The normalized spacial score (nSPS) is 19.3. The predicted octanol–water partition coefficient (Wildman–Crippen LogP) is 0.509. The summed E-state index contributed by atoms with van der Waals surface area (Å²) >= 11 is 0. The predicted molar refractivity (Wildman–Crippen MR) is 59.9 cm³/mol. The van der Waals surface area contributed by atoms with Crippen LogP contribution in [-0.2, 0) is 6.54 Å². The van der Waals surface area contributed by atoms with Crippen molar-refractivity contribution < 1.29 is 0 Å². The lowest BCUT2D eigenvalue weighted by Gasteiger charge is -2.31. The van der Waals surface area contributed by atoms with E-state index in [4.69, 9.17) is 5.84 Å². The van der Waals surface area contributed by atoms with Crippen molar-refractivity contribution in [1.29, 1.82) is 0 Å². The van der Waals surface area contributed by atoms with Gasteiger partial charge in [-0.1, -0.05) is 6.07 Å². The molecule has 2 rings (SSSR count). The summed E-state index contributed by atoms with van der Waals surface area (Å²) in [6.07, 6.45) is 4.11. The summed E-state index contributed by atoms with van der Waals surface area (Å²) in [7, 11) is 0. The van der Waals surface area contributed by atoms with Gasteiger partial charge < -0.3 is 0 Å². The van der Waals surface area contributed by atoms with Crippen molar-refractivity contribution in [2.45, 2.75) is 25.4 Å². The number of nitrogens with zero attached hydrogens (tertiary/aromatic N) is 2. The van der Waals surface area contributed by atoms with Crippen molar-refractivity contribution >= 4 is 0 Å². The first-order valence-electron chi connectivity index (χ1n) is 5.47. The molecule has 1 saturated heterocycles. The lowest BCUT2D eigenvalue weighted by atomic mass is 10.1. The molecular weight excluding hydrogens is 188 g/mol. The van der Waals surface area contributed by atoms with Crippen molar-refractivity contribution in [3.05, 3.63) is 30.1 Å². The smallest absolute Gasteiger partial charge is 0.0543 e. The van der Waals surface area contributed by atoms with Gasteiger partial charge in [0.05, 0.1) is 5.69 Å². The Morgan fingerprint density at radius 2 is 2.20 bits per heavy atom. The standard InChI is InChI=1S/C11H18N4/c12-14-10-4-7-15(8-5-10)9-11-3-1-2-6-13-11/h1-3,6,10,14H,4-5,7-9,12H2. The molecule has 15 heavy (non-hydrogen) atoms. The third-order valence-corrected chi connectivity index (χ3v) is 2.94. The summed E-state index contributed by atoms with van der Waals surface area (Å²) < 4.78 is 0. The van der Waals surface area contributed by atoms with Crippen molar-refractivity contribution in [2.24, 2.45) is 5.84 Å². The number of likely N-dealkylation sites (tertiary alicyclic amines) is 1. The number of pyridine rings is 1. The summed E-state index contributed by atoms with van der Waals surface area (Å²) in [6, 6.07) is 6.56. The Labute approximate surface area is 90.5 Å². The topological polar surface area (TPSA) is 54.2 Å². The molecule has 1 aliphatic heterocycles. The summed E-state index contributed by atoms with van der Waals surface area (Å²) in [4.78, 5) is 6.76. The fraction of sp³-hybridized carbons (Fsp3) is 0.545. The minimum atomic E-state index is 0.491. The van der Waals surface area contributed by atoms with Crippen LogP contribution in [0.2, 0.25) is 0 Å². The lowest BCUT2D eigenvalue weighted by molar-refractivity contribution is 0.189. The van der Waals surface area contributed by atoms with Gasteiger partial charge >= 0.3 is 0 Å². The molecular formula is C11H18N4. The molecule has 4 heteroatoms. The first kappa shape index (κ1) is 10.5. The molecule has 1 aromatic rings. The Morgan fingerprint density at radius 3 is 2.80 bits per heavy atom. The number of hydrogen-bond donors (Lipinski definition) is 2. The Bertz CT molecular complexity index is 280. The van der Waals surface area contributed by atoms with E-state index in [-0.39, 0.29) is 0 Å². The number of rotatable bonds is 3. The Balaban J connectivity index is 1.82. The minimum absolute atomic E-state index is 0.491. The third-order valence-electron chi connectivity index (χ3n) is 2.94. The molecule has 1 fully saturated rings. The fourth-order valence-corrected chi connectivity index (χ4v) is 1.98. The molecule has 0 radical (unpaired) electrons. The molecule has 0 aromatic carbocycles. The maximum Gasteiger partial charge on any atom is 0.0543 e. The third kappa shape index (κ3) is 2.99. The van der Waals surface area contributed by atoms with Crippen LogP contribution in [0.15, 0.2) is 24.4 Å². The second-order valence-corrected chi connectivity index (χ2v) is 4.04. The van der Waals surface area contributed by atoms with Gasteiger partial charge in [-0.05, 0) is 25.0 Å². The van der Waals surface area contributed by atoms with Crippen LogP contribution in [0.3, 0.4) is 0 Å². The summed E-state index contributed by atoms with van der Waals surface area (Å²) in [5.74, 6) is 5.42. The van der Waals surface area contributed by atoms with E-state index < -0.39 is 0 Å². The number of nitrogens with one attached hydrogen (secondary N) is 1.